The Kier molecular flexibility index (Phi) is 4.84. The molecule has 1 N–H and O–H groups in total. The quantitative estimate of drug-likeness (QED) is 0.800. The number of aryl methyl sites for hydroxylation is 4. The van der Waals surface area contributed by atoms with E-state index in [2.05, 4.69) is 69.4 Å². The van der Waals surface area contributed by atoms with Gasteiger partial charge in [-0.25, -0.2) is 0 Å². The van der Waals surface area contributed by atoms with E-state index >= 15 is 0 Å². The molecule has 0 saturated carbocycles. The van der Waals surface area contributed by atoms with E-state index in [1.54, 1.807) is 0 Å². The van der Waals surface area contributed by atoms with Crippen LogP contribution in [0.25, 0.3) is 0 Å². The summed E-state index contributed by atoms with van der Waals surface area (Å²) in [7, 11) is 0. The molecule has 20 heavy (non-hydrogen) atoms. The molecular formula is C19H25N. The molecule has 0 aliphatic heterocycles. The third-order valence-corrected chi connectivity index (χ3v) is 4.04. The lowest BCUT2D eigenvalue weighted by Crippen LogP contribution is -2.01. The predicted octanol–water partition coefficient (Wildman–Crippen LogP) is 5.04. The highest BCUT2D eigenvalue weighted by molar-refractivity contribution is 5.49. The first-order chi connectivity index (χ1) is 9.63. The van der Waals surface area contributed by atoms with Gasteiger partial charge in [-0.15, -0.1) is 0 Å². The van der Waals surface area contributed by atoms with Crippen LogP contribution >= 0.6 is 0 Å². The summed E-state index contributed by atoms with van der Waals surface area (Å²) >= 11 is 0. The lowest BCUT2D eigenvalue weighted by atomic mass is 10.0. The van der Waals surface area contributed by atoms with Gasteiger partial charge in [-0.1, -0.05) is 38.1 Å². The fourth-order valence-electron chi connectivity index (χ4n) is 2.53. The molecule has 0 aliphatic rings. The number of anilines is 1. The Bertz CT molecular complexity index is 584. The minimum atomic E-state index is 0.885. The summed E-state index contributed by atoms with van der Waals surface area (Å²) in [6.07, 6.45) is 2.21. The van der Waals surface area contributed by atoms with Crippen molar-refractivity contribution in [3.8, 4) is 0 Å². The van der Waals surface area contributed by atoms with Crippen molar-refractivity contribution >= 4 is 5.69 Å². The molecule has 2 aromatic rings. The van der Waals surface area contributed by atoms with Gasteiger partial charge in [-0.3, -0.25) is 0 Å². The molecule has 0 fully saturated rings. The first-order valence-corrected chi connectivity index (χ1v) is 7.55. The van der Waals surface area contributed by atoms with Gasteiger partial charge in [0.2, 0.25) is 0 Å². The van der Waals surface area contributed by atoms with E-state index in [-0.39, 0.29) is 0 Å². The van der Waals surface area contributed by atoms with Gasteiger partial charge < -0.3 is 5.32 Å². The highest BCUT2D eigenvalue weighted by Gasteiger charge is 2.01. The molecular weight excluding hydrogens is 242 g/mol. The third-order valence-electron chi connectivity index (χ3n) is 4.04. The lowest BCUT2D eigenvalue weighted by Gasteiger charge is -2.12. The van der Waals surface area contributed by atoms with E-state index in [0.29, 0.717) is 0 Å². The van der Waals surface area contributed by atoms with Crippen LogP contribution in [0.4, 0.5) is 5.69 Å². The summed E-state index contributed by atoms with van der Waals surface area (Å²) in [5.41, 5.74) is 8.19. The Balaban J connectivity index is 2.08. The zero-order chi connectivity index (χ0) is 14.5. The molecule has 1 heteroatoms. The maximum Gasteiger partial charge on any atom is 0.0400 e. The molecule has 0 spiro atoms. The van der Waals surface area contributed by atoms with Gasteiger partial charge >= 0.3 is 0 Å². The van der Waals surface area contributed by atoms with Crippen molar-refractivity contribution in [1.29, 1.82) is 0 Å². The summed E-state index contributed by atoms with van der Waals surface area (Å²) in [4.78, 5) is 0. The van der Waals surface area contributed by atoms with Crippen molar-refractivity contribution in [3.05, 3.63) is 64.2 Å². The van der Waals surface area contributed by atoms with E-state index < -0.39 is 0 Å². The van der Waals surface area contributed by atoms with Gasteiger partial charge in [-0.2, -0.15) is 0 Å². The Labute approximate surface area is 123 Å². The van der Waals surface area contributed by atoms with Gasteiger partial charge in [0.05, 0.1) is 0 Å². The molecule has 0 aliphatic carbocycles. The van der Waals surface area contributed by atoms with E-state index in [4.69, 9.17) is 0 Å². The average molecular weight is 267 g/mol. The van der Waals surface area contributed by atoms with E-state index in [0.717, 1.165) is 19.4 Å². The molecule has 106 valence electrons. The lowest BCUT2D eigenvalue weighted by molar-refractivity contribution is 1.03. The van der Waals surface area contributed by atoms with Crippen LogP contribution in [0.3, 0.4) is 0 Å². The van der Waals surface area contributed by atoms with Crippen LogP contribution in [0.2, 0.25) is 0 Å². The molecule has 1 nitrogen and oxygen atoms in total. The van der Waals surface area contributed by atoms with Crippen LogP contribution in [0.5, 0.6) is 0 Å². The highest BCUT2D eigenvalue weighted by atomic mass is 14.9. The van der Waals surface area contributed by atoms with E-state index in [1.165, 1.54) is 33.5 Å². The van der Waals surface area contributed by atoms with E-state index in [9.17, 15) is 0 Å². The van der Waals surface area contributed by atoms with E-state index in [1.807, 2.05) is 0 Å². The van der Waals surface area contributed by atoms with Crippen molar-refractivity contribution in [3.63, 3.8) is 0 Å². The van der Waals surface area contributed by atoms with Gasteiger partial charge in [-0.05, 0) is 66.6 Å². The molecule has 2 aromatic carbocycles. The predicted molar refractivity (Wildman–Crippen MR) is 88.4 cm³/mol. The second kappa shape index (κ2) is 6.60. The van der Waals surface area contributed by atoms with Crippen molar-refractivity contribution < 1.29 is 0 Å². The number of hydrogen-bond donors (Lipinski definition) is 1. The SMILES string of the molecule is CCc1ccc(NCc2ccc(C)c(C)c2)cc1CC. The number of rotatable bonds is 5. The molecule has 2 rings (SSSR count). The monoisotopic (exact) mass is 267 g/mol. The molecule has 0 atom stereocenters. The van der Waals surface area contributed by atoms with Crippen LogP contribution in [-0.2, 0) is 19.4 Å². The second-order valence-electron chi connectivity index (χ2n) is 5.46. The highest BCUT2D eigenvalue weighted by Crippen LogP contribution is 2.18. The van der Waals surface area contributed by atoms with Crippen LogP contribution in [-0.4, -0.2) is 0 Å². The molecule has 0 aromatic heterocycles. The fourth-order valence-corrected chi connectivity index (χ4v) is 2.53. The maximum atomic E-state index is 3.53. The number of benzene rings is 2. The molecule has 0 unspecified atom stereocenters. The van der Waals surface area contributed by atoms with Crippen LogP contribution < -0.4 is 5.32 Å². The smallest absolute Gasteiger partial charge is 0.0400 e. The molecule has 0 saturated heterocycles. The molecule has 0 radical (unpaired) electrons. The summed E-state index contributed by atoms with van der Waals surface area (Å²) in [6, 6.07) is 13.4. The average Bonchev–Trinajstić information content (AvgIpc) is 2.48. The largest absolute Gasteiger partial charge is 0.381 e. The molecule has 0 bridgehead atoms. The van der Waals surface area contributed by atoms with Crippen LogP contribution in [0.1, 0.15) is 41.7 Å². The van der Waals surface area contributed by atoms with Gasteiger partial charge in [0.25, 0.3) is 0 Å². The molecule has 0 heterocycles. The van der Waals surface area contributed by atoms with Gasteiger partial charge in [0, 0.05) is 12.2 Å². The first kappa shape index (κ1) is 14.6. The van der Waals surface area contributed by atoms with Crippen LogP contribution in [0, 0.1) is 13.8 Å². The summed E-state index contributed by atoms with van der Waals surface area (Å²) in [6.45, 7) is 9.65. The van der Waals surface area contributed by atoms with Crippen molar-refractivity contribution in [2.75, 3.05) is 5.32 Å². The normalized spacial score (nSPS) is 10.6. The number of hydrogen-bond acceptors (Lipinski definition) is 1. The summed E-state index contributed by atoms with van der Waals surface area (Å²) in [5, 5.41) is 3.53. The van der Waals surface area contributed by atoms with Gasteiger partial charge in [0.1, 0.15) is 0 Å². The van der Waals surface area contributed by atoms with Gasteiger partial charge in [0.15, 0.2) is 0 Å². The first-order valence-electron chi connectivity index (χ1n) is 7.55. The van der Waals surface area contributed by atoms with Crippen molar-refractivity contribution in [2.45, 2.75) is 47.1 Å². The standard InChI is InChI=1S/C19H25N/c1-5-17-9-10-19(12-18(17)6-2)20-13-16-8-7-14(3)15(4)11-16/h7-12,20H,5-6,13H2,1-4H3. The molecule has 0 amide bonds. The zero-order valence-corrected chi connectivity index (χ0v) is 13.1. The summed E-state index contributed by atoms with van der Waals surface area (Å²) in [5.74, 6) is 0. The Morgan fingerprint density at radius 2 is 1.55 bits per heavy atom. The van der Waals surface area contributed by atoms with Crippen molar-refractivity contribution in [2.24, 2.45) is 0 Å². The Morgan fingerprint density at radius 1 is 0.800 bits per heavy atom. The Morgan fingerprint density at radius 3 is 2.20 bits per heavy atom. The maximum absolute atomic E-state index is 3.53. The topological polar surface area (TPSA) is 12.0 Å². The Hall–Kier alpha value is -1.76. The number of nitrogens with one attached hydrogen (secondary N) is 1. The minimum absolute atomic E-state index is 0.885. The van der Waals surface area contributed by atoms with Crippen LogP contribution in [0.15, 0.2) is 36.4 Å². The zero-order valence-electron chi connectivity index (χ0n) is 13.1. The summed E-state index contributed by atoms with van der Waals surface area (Å²) < 4.78 is 0. The second-order valence-corrected chi connectivity index (χ2v) is 5.46. The van der Waals surface area contributed by atoms with Crippen molar-refractivity contribution in [1.82, 2.24) is 0 Å². The third kappa shape index (κ3) is 3.41. The fraction of sp³-hybridized carbons (Fsp3) is 0.368. The minimum Gasteiger partial charge on any atom is -0.381 e.